The maximum absolute atomic E-state index is 2.36. The van der Waals surface area contributed by atoms with E-state index in [0.29, 0.717) is 0 Å². The number of fused-ring (bicyclic) bond motifs is 5. The maximum Gasteiger partial charge on any atom is 0.0540 e. The molecule has 0 radical (unpaired) electrons. The van der Waals surface area contributed by atoms with Crippen LogP contribution in [0.5, 0.6) is 0 Å². The molecule has 0 fully saturated rings. The summed E-state index contributed by atoms with van der Waals surface area (Å²) in [5.74, 6) is 0. The van der Waals surface area contributed by atoms with Crippen molar-refractivity contribution in [1.29, 1.82) is 0 Å². The first-order valence-corrected chi connectivity index (χ1v) is 46.8. The average molecular weight is 1760 g/mol. The number of benzene rings is 23. The summed E-state index contributed by atoms with van der Waals surface area (Å²) in [6, 6.07) is 198. The van der Waals surface area contributed by atoms with Crippen molar-refractivity contribution in [3.63, 3.8) is 0 Å². The second-order valence-electron chi connectivity index (χ2n) is 34.6. The third-order valence-electron chi connectivity index (χ3n) is 26.3. The zero-order chi connectivity index (χ0) is 92.2. The number of hydrogen-bond donors (Lipinski definition) is 0. The van der Waals surface area contributed by atoms with Gasteiger partial charge in [-0.25, -0.2) is 0 Å². The highest BCUT2D eigenvalue weighted by molar-refractivity contribution is 6.03. The van der Waals surface area contributed by atoms with Crippen LogP contribution in [-0.4, -0.2) is 21.1 Å². The van der Waals surface area contributed by atoms with Crippen LogP contribution in [0.3, 0.4) is 0 Å². The predicted molar refractivity (Wildman–Crippen MR) is 587 cm³/mol. The Hall–Kier alpha value is -17.8. The van der Waals surface area contributed by atoms with Crippen LogP contribution in [-0.2, 0) is 0 Å². The van der Waals surface area contributed by atoms with E-state index in [1.807, 2.05) is 6.07 Å². The highest BCUT2D eigenvalue weighted by Crippen LogP contribution is 2.46. The molecular formula is C131H100N6. The van der Waals surface area contributed by atoms with Crippen molar-refractivity contribution in [2.45, 2.75) is 0 Å². The smallest absolute Gasteiger partial charge is 0.0540 e. The molecule has 0 unspecified atom stereocenters. The van der Waals surface area contributed by atoms with Crippen LogP contribution in [0, 0.1) is 0 Å². The fraction of sp³-hybridized carbons (Fsp3) is 0.0229. The van der Waals surface area contributed by atoms with E-state index in [9.17, 15) is 0 Å². The first-order valence-electron chi connectivity index (χ1n) is 46.8. The van der Waals surface area contributed by atoms with Crippen molar-refractivity contribution in [2.24, 2.45) is 0 Å². The van der Waals surface area contributed by atoms with E-state index in [2.05, 4.69) is 597 Å². The van der Waals surface area contributed by atoms with E-state index in [4.69, 9.17) is 0 Å². The molecule has 23 rings (SSSR count). The van der Waals surface area contributed by atoms with Crippen LogP contribution < -0.4 is 29.4 Å². The fourth-order valence-corrected chi connectivity index (χ4v) is 18.8. The van der Waals surface area contributed by atoms with Gasteiger partial charge in [0.05, 0.1) is 17.1 Å². The van der Waals surface area contributed by atoms with E-state index in [0.717, 1.165) is 68.2 Å². The Morgan fingerprint density at radius 1 is 0.109 bits per heavy atom. The molecule has 23 aromatic carbocycles. The normalized spacial score (nSPS) is 11.0. The van der Waals surface area contributed by atoms with Gasteiger partial charge in [-0.2, -0.15) is 0 Å². The van der Waals surface area contributed by atoms with Crippen LogP contribution in [0.15, 0.2) is 552 Å². The highest BCUT2D eigenvalue weighted by atomic mass is 15.2. The molecule has 6 heteroatoms. The van der Waals surface area contributed by atoms with Gasteiger partial charge in [-0.15, -0.1) is 0 Å². The number of nitrogens with zero attached hydrogens (tertiary/aromatic N) is 6. The minimum Gasteiger partial charge on any atom is -0.345 e. The van der Waals surface area contributed by atoms with E-state index in [1.165, 1.54) is 138 Å². The van der Waals surface area contributed by atoms with Crippen molar-refractivity contribution in [3.05, 3.63) is 552 Å². The molecule has 6 nitrogen and oxygen atoms in total. The number of para-hydroxylation sites is 1. The zero-order valence-electron chi connectivity index (χ0n) is 76.7. The maximum atomic E-state index is 2.36. The second kappa shape index (κ2) is 39.7. The summed E-state index contributed by atoms with van der Waals surface area (Å²) in [6.07, 6.45) is 0. The standard InChI is InChI=1S/2C45H34N2.C41H32N2/c1-46(44-19-9-15-37-13-5-7-17-42(37)44)39-27-21-35(22-28-39)36-25-31-41(32-26-36)47(45-20-10-16-38-14-6-8-18-43(38)45)40-29-23-34(24-30-40)33-11-3-2-4-12-33;1-46(43-31-24-34-12-5-6-14-39(34)32-43)40-25-18-36(19-26-40)37-22-29-42(30-23-37)47(45-17-9-15-38-13-7-8-16-44(38)45)41-27-20-35(21-28-41)33-10-3-2-4-11-33;1-42(36-15-6-3-7-16-36)37-25-19-33(20-26-37)34-23-29-39(30-24-34)43(41-18-10-14-35-13-8-9-17-40(35)41)38-27-21-32(22-28-38)31-11-4-2-5-12-31/h2*2-32H,1H3;2-30H,1H3. The largest absolute Gasteiger partial charge is 0.345 e. The van der Waals surface area contributed by atoms with Gasteiger partial charge in [0.15, 0.2) is 0 Å². The Morgan fingerprint density at radius 2 is 0.292 bits per heavy atom. The lowest BCUT2D eigenvalue weighted by Crippen LogP contribution is -2.10. The molecular weight excluding hydrogens is 1660 g/mol. The lowest BCUT2D eigenvalue weighted by Gasteiger charge is -2.27. The van der Waals surface area contributed by atoms with Gasteiger partial charge in [0.2, 0.25) is 0 Å². The van der Waals surface area contributed by atoms with Crippen LogP contribution in [0.2, 0.25) is 0 Å². The summed E-state index contributed by atoms with van der Waals surface area (Å²) < 4.78 is 0. The van der Waals surface area contributed by atoms with Crippen LogP contribution in [0.4, 0.5) is 85.3 Å². The van der Waals surface area contributed by atoms with E-state index in [-0.39, 0.29) is 0 Å². The number of rotatable bonds is 21. The monoisotopic (exact) mass is 1760 g/mol. The van der Waals surface area contributed by atoms with Gasteiger partial charge in [-0.3, -0.25) is 0 Å². The van der Waals surface area contributed by atoms with Crippen molar-refractivity contribution in [1.82, 2.24) is 0 Å². The summed E-state index contributed by atoms with van der Waals surface area (Å²) in [5, 5.41) is 12.3. The third-order valence-corrected chi connectivity index (χ3v) is 26.3. The van der Waals surface area contributed by atoms with Gasteiger partial charge in [0, 0.05) is 111 Å². The van der Waals surface area contributed by atoms with Gasteiger partial charge in [-0.1, -0.05) is 394 Å². The topological polar surface area (TPSA) is 19.4 Å². The molecule has 0 saturated carbocycles. The summed E-state index contributed by atoms with van der Waals surface area (Å²) in [5.41, 5.74) is 31.6. The molecule has 0 N–H and O–H groups in total. The van der Waals surface area contributed by atoms with Gasteiger partial charge < -0.3 is 29.4 Å². The molecule has 0 atom stereocenters. The lowest BCUT2D eigenvalue weighted by atomic mass is 10.0. The molecule has 0 heterocycles. The molecule has 0 aromatic heterocycles. The van der Waals surface area contributed by atoms with E-state index >= 15 is 0 Å². The fourth-order valence-electron chi connectivity index (χ4n) is 18.8. The molecule has 0 aliphatic heterocycles. The molecule has 0 amide bonds. The quantitative estimate of drug-likeness (QED) is 0.0709. The summed E-state index contributed by atoms with van der Waals surface area (Å²) in [7, 11) is 6.37. The first kappa shape index (κ1) is 85.9. The molecule has 0 aliphatic carbocycles. The molecule has 654 valence electrons. The van der Waals surface area contributed by atoms with Crippen molar-refractivity contribution >= 4 is 139 Å². The molecule has 23 aromatic rings. The van der Waals surface area contributed by atoms with E-state index < -0.39 is 0 Å². The minimum atomic E-state index is 1.12. The zero-order valence-corrected chi connectivity index (χ0v) is 76.7. The van der Waals surface area contributed by atoms with Crippen LogP contribution in [0.1, 0.15) is 0 Å². The van der Waals surface area contributed by atoms with Gasteiger partial charge in [0.25, 0.3) is 0 Å². The Kier molecular flexibility index (Phi) is 24.9. The third kappa shape index (κ3) is 18.7. The Balaban J connectivity index is 0.000000123. The molecule has 137 heavy (non-hydrogen) atoms. The minimum absolute atomic E-state index is 1.12. The Bertz CT molecular complexity index is 8020. The summed E-state index contributed by atoms with van der Waals surface area (Å²) >= 11 is 0. The summed E-state index contributed by atoms with van der Waals surface area (Å²) in [4.78, 5) is 13.8. The Morgan fingerprint density at radius 3 is 0.577 bits per heavy atom. The molecule has 0 aliphatic rings. The molecule has 0 saturated heterocycles. The van der Waals surface area contributed by atoms with Gasteiger partial charge in [0.1, 0.15) is 0 Å². The number of hydrogen-bond acceptors (Lipinski definition) is 6. The van der Waals surface area contributed by atoms with Gasteiger partial charge >= 0.3 is 0 Å². The highest BCUT2D eigenvalue weighted by Gasteiger charge is 2.22. The lowest BCUT2D eigenvalue weighted by molar-refractivity contribution is 1.21. The first-order chi connectivity index (χ1) is 67.7. The van der Waals surface area contributed by atoms with Crippen LogP contribution >= 0.6 is 0 Å². The Labute approximate surface area is 802 Å². The van der Waals surface area contributed by atoms with Gasteiger partial charge in [-0.05, 0) is 257 Å². The average Bonchev–Trinajstić information content (AvgIpc) is 0.779. The predicted octanol–water partition coefficient (Wildman–Crippen LogP) is 36.5. The van der Waals surface area contributed by atoms with Crippen molar-refractivity contribution in [2.75, 3.05) is 50.5 Å². The van der Waals surface area contributed by atoms with Crippen LogP contribution in [0.25, 0.3) is 121 Å². The summed E-state index contributed by atoms with van der Waals surface area (Å²) in [6.45, 7) is 0. The molecule has 0 spiro atoms. The second-order valence-corrected chi connectivity index (χ2v) is 34.6. The SMILES string of the molecule is CN(c1ccc(-c2ccc(N(c3ccc(-c4ccccc4)cc3)c3cccc4ccccc34)cc2)cc1)c1ccc2ccccc2c1.CN(c1ccc(-c2ccc(N(c3ccc(-c4ccccc4)cc3)c3cccc4ccccc34)cc2)cc1)c1cccc2ccccc12.CN(c1ccccc1)c1ccc(-c2ccc(N(c3ccc(-c4ccccc4)cc3)c3cccc4ccccc34)cc2)cc1. The van der Waals surface area contributed by atoms with Crippen molar-refractivity contribution < 1.29 is 0 Å². The molecule has 0 bridgehead atoms. The number of anilines is 15. The van der Waals surface area contributed by atoms with Crippen molar-refractivity contribution in [3.8, 4) is 66.8 Å². The van der Waals surface area contributed by atoms with E-state index in [1.54, 1.807) is 0 Å².